The Bertz CT molecular complexity index is 770. The second-order valence-corrected chi connectivity index (χ2v) is 7.72. The van der Waals surface area contributed by atoms with E-state index in [1.54, 1.807) is 28.8 Å². The molecule has 0 radical (unpaired) electrons. The Morgan fingerprint density at radius 2 is 1.79 bits per heavy atom. The summed E-state index contributed by atoms with van der Waals surface area (Å²) < 4.78 is 0. The van der Waals surface area contributed by atoms with E-state index in [0.717, 1.165) is 19.5 Å². The molecule has 1 saturated heterocycles. The molecular weight excluding hydrogens is 370 g/mol. The molecule has 2 amide bonds. The second kappa shape index (κ2) is 10.2. The van der Waals surface area contributed by atoms with E-state index in [1.165, 1.54) is 5.69 Å². The number of benzene rings is 2. The number of carbonyl (C=O) groups excluding carboxylic acids is 2. The van der Waals surface area contributed by atoms with Crippen LogP contribution in [0.2, 0.25) is 0 Å². The maximum atomic E-state index is 12.7. The van der Waals surface area contributed by atoms with Crippen LogP contribution in [0.3, 0.4) is 0 Å². The first-order valence-electron chi connectivity index (χ1n) is 9.72. The lowest BCUT2D eigenvalue weighted by molar-refractivity contribution is -0.124. The van der Waals surface area contributed by atoms with E-state index in [9.17, 15) is 9.59 Å². The minimum Gasteiger partial charge on any atom is -0.372 e. The van der Waals surface area contributed by atoms with Gasteiger partial charge in [-0.2, -0.15) is 0 Å². The van der Waals surface area contributed by atoms with Crippen molar-refractivity contribution in [3.05, 3.63) is 66.2 Å². The summed E-state index contributed by atoms with van der Waals surface area (Å²) in [4.78, 5) is 29.3. The van der Waals surface area contributed by atoms with E-state index in [1.807, 2.05) is 36.4 Å². The van der Waals surface area contributed by atoms with E-state index in [4.69, 9.17) is 0 Å². The minimum absolute atomic E-state index is 0.0583. The van der Waals surface area contributed by atoms with Crippen LogP contribution in [0.5, 0.6) is 0 Å². The van der Waals surface area contributed by atoms with Crippen molar-refractivity contribution >= 4 is 29.3 Å². The molecule has 28 heavy (non-hydrogen) atoms. The van der Waals surface area contributed by atoms with Crippen LogP contribution in [0, 0.1) is 0 Å². The fourth-order valence-corrected chi connectivity index (χ4v) is 4.47. The van der Waals surface area contributed by atoms with Crippen molar-refractivity contribution < 1.29 is 9.59 Å². The van der Waals surface area contributed by atoms with Gasteiger partial charge in [-0.1, -0.05) is 36.4 Å². The molecule has 1 fully saturated rings. The van der Waals surface area contributed by atoms with Crippen molar-refractivity contribution in [3.8, 4) is 0 Å². The molecule has 2 aromatic rings. The first-order valence-corrected chi connectivity index (χ1v) is 10.9. The van der Waals surface area contributed by atoms with Crippen LogP contribution in [0.25, 0.3) is 0 Å². The van der Waals surface area contributed by atoms with E-state index in [0.29, 0.717) is 23.7 Å². The quantitative estimate of drug-likeness (QED) is 0.695. The fraction of sp³-hybridized carbons (Fsp3) is 0.364. The minimum atomic E-state index is -0.394. The van der Waals surface area contributed by atoms with Crippen LogP contribution in [-0.2, 0) is 4.79 Å². The third-order valence-corrected chi connectivity index (χ3v) is 5.89. The smallest absolute Gasteiger partial charge is 0.255 e. The van der Waals surface area contributed by atoms with Crippen LogP contribution in [0.15, 0.2) is 60.7 Å². The molecule has 6 heteroatoms. The van der Waals surface area contributed by atoms with Crippen molar-refractivity contribution in [2.45, 2.75) is 19.4 Å². The summed E-state index contributed by atoms with van der Waals surface area (Å²) in [5.41, 5.74) is 1.83. The molecule has 1 N–H and O–H groups in total. The predicted molar refractivity (Wildman–Crippen MR) is 116 cm³/mol. The van der Waals surface area contributed by atoms with Crippen LogP contribution >= 0.6 is 11.8 Å². The van der Waals surface area contributed by atoms with E-state index in [-0.39, 0.29) is 11.8 Å². The van der Waals surface area contributed by atoms with Gasteiger partial charge in [0.25, 0.3) is 5.91 Å². The van der Waals surface area contributed by atoms with Gasteiger partial charge in [0.1, 0.15) is 6.04 Å². The second-order valence-electron chi connectivity index (χ2n) is 6.72. The Morgan fingerprint density at radius 1 is 1.11 bits per heavy atom. The number of rotatable bonds is 8. The maximum Gasteiger partial charge on any atom is 0.255 e. The zero-order chi connectivity index (χ0) is 19.8. The van der Waals surface area contributed by atoms with E-state index < -0.39 is 6.04 Å². The van der Waals surface area contributed by atoms with E-state index in [2.05, 4.69) is 29.3 Å². The molecule has 1 aliphatic rings. The molecule has 1 atom stereocenters. The Kier molecular flexibility index (Phi) is 7.37. The SMILES string of the molecule is CCN(CCCNC(=O)[C@@H]1CSCN1C(=O)c1ccccc1)c1ccccc1. The number of amides is 2. The van der Waals surface area contributed by atoms with Gasteiger partial charge in [-0.15, -0.1) is 11.8 Å². The zero-order valence-corrected chi connectivity index (χ0v) is 17.0. The number of carbonyl (C=O) groups is 2. The number of hydrogen-bond donors (Lipinski definition) is 1. The van der Waals surface area contributed by atoms with Gasteiger partial charge in [0, 0.05) is 36.6 Å². The number of hydrogen-bond acceptors (Lipinski definition) is 4. The lowest BCUT2D eigenvalue weighted by atomic mass is 10.1. The number of thioether (sulfide) groups is 1. The van der Waals surface area contributed by atoms with E-state index >= 15 is 0 Å². The van der Waals surface area contributed by atoms with Gasteiger partial charge in [-0.05, 0) is 37.6 Å². The molecule has 1 heterocycles. The fourth-order valence-electron chi connectivity index (χ4n) is 3.31. The Hall–Kier alpha value is -2.47. The normalized spacial score (nSPS) is 16.0. The summed E-state index contributed by atoms with van der Waals surface area (Å²) in [6.07, 6.45) is 0.862. The lowest BCUT2D eigenvalue weighted by Gasteiger charge is -2.25. The summed E-state index contributed by atoms with van der Waals surface area (Å²) in [5, 5.41) is 3.02. The highest BCUT2D eigenvalue weighted by molar-refractivity contribution is 7.99. The maximum absolute atomic E-state index is 12.7. The largest absolute Gasteiger partial charge is 0.372 e. The summed E-state index contributed by atoms with van der Waals surface area (Å²) in [6, 6.07) is 19.1. The van der Waals surface area contributed by atoms with Gasteiger partial charge in [0.15, 0.2) is 0 Å². The average Bonchev–Trinajstić information content (AvgIpc) is 3.24. The van der Waals surface area contributed by atoms with Gasteiger partial charge in [0.2, 0.25) is 5.91 Å². The third-order valence-electron chi connectivity index (χ3n) is 4.87. The van der Waals surface area contributed by atoms with Crippen molar-refractivity contribution in [1.82, 2.24) is 10.2 Å². The molecule has 0 spiro atoms. The third kappa shape index (κ3) is 5.07. The van der Waals surface area contributed by atoms with Crippen LogP contribution in [-0.4, -0.2) is 54.0 Å². The highest BCUT2D eigenvalue weighted by atomic mass is 32.2. The zero-order valence-electron chi connectivity index (χ0n) is 16.2. The van der Waals surface area contributed by atoms with Gasteiger partial charge in [0.05, 0.1) is 5.88 Å². The number of para-hydroxylation sites is 1. The molecule has 0 saturated carbocycles. The van der Waals surface area contributed by atoms with Crippen molar-refractivity contribution in [2.75, 3.05) is 36.2 Å². The molecule has 5 nitrogen and oxygen atoms in total. The van der Waals surface area contributed by atoms with Crippen molar-refractivity contribution in [2.24, 2.45) is 0 Å². The Morgan fingerprint density at radius 3 is 2.46 bits per heavy atom. The molecule has 1 aliphatic heterocycles. The number of anilines is 1. The molecule has 3 rings (SSSR count). The first-order chi connectivity index (χ1) is 13.7. The molecule has 2 aromatic carbocycles. The molecule has 148 valence electrons. The highest BCUT2D eigenvalue weighted by Gasteiger charge is 2.34. The van der Waals surface area contributed by atoms with Gasteiger partial charge in [-0.3, -0.25) is 9.59 Å². The van der Waals surface area contributed by atoms with Crippen molar-refractivity contribution in [1.29, 1.82) is 0 Å². The Labute approximate surface area is 171 Å². The first kappa shape index (κ1) is 20.3. The molecule has 0 unspecified atom stereocenters. The van der Waals surface area contributed by atoms with Gasteiger partial charge >= 0.3 is 0 Å². The van der Waals surface area contributed by atoms with Crippen LogP contribution < -0.4 is 10.2 Å². The molecule has 0 aliphatic carbocycles. The lowest BCUT2D eigenvalue weighted by Crippen LogP contribution is -2.47. The predicted octanol–water partition coefficient (Wildman–Crippen LogP) is 3.23. The summed E-state index contributed by atoms with van der Waals surface area (Å²) >= 11 is 1.62. The summed E-state index contributed by atoms with van der Waals surface area (Å²) in [5.74, 6) is 1.07. The van der Waals surface area contributed by atoms with Crippen LogP contribution in [0.4, 0.5) is 5.69 Å². The summed E-state index contributed by atoms with van der Waals surface area (Å²) in [6.45, 7) is 4.55. The van der Waals surface area contributed by atoms with Gasteiger partial charge in [-0.25, -0.2) is 0 Å². The summed E-state index contributed by atoms with van der Waals surface area (Å²) in [7, 11) is 0. The molecule has 0 aromatic heterocycles. The highest BCUT2D eigenvalue weighted by Crippen LogP contribution is 2.23. The van der Waals surface area contributed by atoms with Crippen LogP contribution in [0.1, 0.15) is 23.7 Å². The number of nitrogens with one attached hydrogen (secondary N) is 1. The Balaban J connectivity index is 1.48. The molecule has 0 bridgehead atoms. The van der Waals surface area contributed by atoms with Crippen molar-refractivity contribution in [3.63, 3.8) is 0 Å². The standard InChI is InChI=1S/C22H27N3O2S/c1-2-24(19-12-7-4-8-13-19)15-9-14-23-21(26)20-16-28-17-25(20)22(27)18-10-5-3-6-11-18/h3-8,10-13,20H,2,9,14-17H2,1H3,(H,23,26)/t20-/m0/s1. The average molecular weight is 398 g/mol. The molecular formula is C22H27N3O2S. The van der Waals surface area contributed by atoms with Gasteiger partial charge < -0.3 is 15.1 Å². The monoisotopic (exact) mass is 397 g/mol. The number of nitrogens with zero attached hydrogens (tertiary/aromatic N) is 2. The topological polar surface area (TPSA) is 52.7 Å².